The van der Waals surface area contributed by atoms with Gasteiger partial charge < -0.3 is 5.32 Å². The van der Waals surface area contributed by atoms with Gasteiger partial charge in [-0.05, 0) is 30.2 Å². The van der Waals surface area contributed by atoms with Crippen molar-refractivity contribution >= 4 is 5.91 Å². The van der Waals surface area contributed by atoms with Gasteiger partial charge in [-0.1, -0.05) is 66.7 Å². The number of amides is 1. The lowest BCUT2D eigenvalue weighted by molar-refractivity contribution is -0.121. The third kappa shape index (κ3) is 4.77. The minimum atomic E-state index is -0.129. The van der Waals surface area contributed by atoms with E-state index in [4.69, 9.17) is 0 Å². The van der Waals surface area contributed by atoms with E-state index in [1.807, 2.05) is 85.8 Å². The molecule has 3 rings (SSSR count). The summed E-state index contributed by atoms with van der Waals surface area (Å²) in [5, 5.41) is 6.37. The molecule has 0 radical (unpaired) electrons. The predicted molar refractivity (Wildman–Crippen MR) is 104 cm³/mol. The number of carbonyl (C=O) groups is 1. The molecule has 0 aliphatic carbocycles. The third-order valence-electron chi connectivity index (χ3n) is 4.26. The van der Waals surface area contributed by atoms with E-state index in [-0.39, 0.29) is 24.5 Å². The number of carbonyl (C=O) groups excluding carboxylic acids is 1. The first-order valence-electron chi connectivity index (χ1n) is 8.77. The fourth-order valence-corrected chi connectivity index (χ4v) is 2.90. The summed E-state index contributed by atoms with van der Waals surface area (Å²) in [4.78, 5) is 16.8. The maximum atomic E-state index is 12.4. The van der Waals surface area contributed by atoms with Crippen molar-refractivity contribution in [2.45, 2.75) is 19.0 Å². The van der Waals surface area contributed by atoms with Crippen LogP contribution in [0, 0.1) is 0 Å². The predicted octanol–water partition coefficient (Wildman–Crippen LogP) is 3.64. The average molecular weight is 345 g/mol. The van der Waals surface area contributed by atoms with Crippen LogP contribution in [0.4, 0.5) is 0 Å². The summed E-state index contributed by atoms with van der Waals surface area (Å²) in [6.07, 6.45) is 1.77. The minimum absolute atomic E-state index is 0.0319. The van der Waals surface area contributed by atoms with Gasteiger partial charge in [0.05, 0.1) is 24.3 Å². The fraction of sp³-hybridized carbons (Fsp3) is 0.182. The maximum absolute atomic E-state index is 12.4. The number of rotatable bonds is 7. The smallest absolute Gasteiger partial charge is 0.234 e. The van der Waals surface area contributed by atoms with Crippen LogP contribution in [0.2, 0.25) is 0 Å². The van der Waals surface area contributed by atoms with E-state index in [2.05, 4.69) is 15.6 Å². The number of benzene rings is 2. The molecule has 2 aromatic carbocycles. The van der Waals surface area contributed by atoms with Gasteiger partial charge in [0.25, 0.3) is 0 Å². The number of hydrogen-bond donors (Lipinski definition) is 2. The molecule has 2 atom stereocenters. The first-order chi connectivity index (χ1) is 12.7. The Morgan fingerprint density at radius 3 is 2.12 bits per heavy atom. The van der Waals surface area contributed by atoms with Crippen molar-refractivity contribution in [2.75, 3.05) is 6.54 Å². The number of nitrogens with one attached hydrogen (secondary N) is 2. The molecule has 26 heavy (non-hydrogen) atoms. The quantitative estimate of drug-likeness (QED) is 0.687. The normalized spacial score (nSPS) is 13.0. The van der Waals surface area contributed by atoms with Crippen LogP contribution in [-0.2, 0) is 4.79 Å². The molecular weight excluding hydrogens is 322 g/mol. The largest absolute Gasteiger partial charge is 0.348 e. The molecule has 3 aromatic rings. The van der Waals surface area contributed by atoms with E-state index in [1.54, 1.807) is 6.20 Å². The highest BCUT2D eigenvalue weighted by Gasteiger charge is 2.17. The summed E-state index contributed by atoms with van der Waals surface area (Å²) in [6.45, 7) is 2.20. The Morgan fingerprint density at radius 1 is 0.885 bits per heavy atom. The lowest BCUT2D eigenvalue weighted by Gasteiger charge is -2.20. The molecule has 132 valence electrons. The maximum Gasteiger partial charge on any atom is 0.234 e. The highest BCUT2D eigenvalue weighted by Crippen LogP contribution is 2.19. The van der Waals surface area contributed by atoms with Crippen LogP contribution in [0.15, 0.2) is 85.1 Å². The van der Waals surface area contributed by atoms with Gasteiger partial charge in [0.2, 0.25) is 5.91 Å². The third-order valence-corrected chi connectivity index (χ3v) is 4.26. The summed E-state index contributed by atoms with van der Waals surface area (Å²) in [5.41, 5.74) is 3.06. The molecule has 4 nitrogen and oxygen atoms in total. The average Bonchev–Trinajstić information content (AvgIpc) is 2.70. The van der Waals surface area contributed by atoms with Gasteiger partial charge in [-0.3, -0.25) is 15.1 Å². The van der Waals surface area contributed by atoms with Crippen molar-refractivity contribution < 1.29 is 4.79 Å². The zero-order valence-electron chi connectivity index (χ0n) is 14.8. The molecule has 0 saturated heterocycles. The number of aromatic nitrogens is 1. The molecule has 0 unspecified atom stereocenters. The summed E-state index contributed by atoms with van der Waals surface area (Å²) in [6, 6.07) is 25.6. The Labute approximate surface area is 154 Å². The number of pyridine rings is 1. The summed E-state index contributed by atoms with van der Waals surface area (Å²) in [7, 11) is 0. The summed E-state index contributed by atoms with van der Waals surface area (Å²) in [5.74, 6) is -0.0433. The molecule has 0 saturated carbocycles. The minimum Gasteiger partial charge on any atom is -0.348 e. The van der Waals surface area contributed by atoms with Crippen molar-refractivity contribution in [3.63, 3.8) is 0 Å². The number of hydrogen-bond acceptors (Lipinski definition) is 3. The van der Waals surface area contributed by atoms with Crippen molar-refractivity contribution in [3.8, 4) is 0 Å². The van der Waals surface area contributed by atoms with Gasteiger partial charge in [0, 0.05) is 6.20 Å². The van der Waals surface area contributed by atoms with Crippen molar-refractivity contribution in [3.05, 3.63) is 102 Å². The highest BCUT2D eigenvalue weighted by atomic mass is 16.1. The van der Waals surface area contributed by atoms with E-state index in [1.165, 1.54) is 0 Å². The van der Waals surface area contributed by atoms with Crippen LogP contribution in [-0.4, -0.2) is 17.4 Å². The molecular formula is C22H23N3O. The first kappa shape index (κ1) is 17.8. The second-order valence-electron chi connectivity index (χ2n) is 6.18. The zero-order valence-corrected chi connectivity index (χ0v) is 14.8. The Kier molecular flexibility index (Phi) is 6.12. The van der Waals surface area contributed by atoms with Crippen LogP contribution in [0.1, 0.15) is 35.8 Å². The van der Waals surface area contributed by atoms with Gasteiger partial charge in [-0.25, -0.2) is 0 Å². The van der Waals surface area contributed by atoms with E-state index < -0.39 is 0 Å². The topological polar surface area (TPSA) is 54.0 Å². The van der Waals surface area contributed by atoms with Crippen LogP contribution in [0.3, 0.4) is 0 Å². The summed E-state index contributed by atoms with van der Waals surface area (Å²) >= 11 is 0. The first-order valence-corrected chi connectivity index (χ1v) is 8.77. The van der Waals surface area contributed by atoms with E-state index >= 15 is 0 Å². The van der Waals surface area contributed by atoms with E-state index in [9.17, 15) is 4.79 Å². The Bertz CT molecular complexity index is 767. The molecule has 0 bridgehead atoms. The zero-order chi connectivity index (χ0) is 18.2. The van der Waals surface area contributed by atoms with Gasteiger partial charge in [-0.15, -0.1) is 0 Å². The van der Waals surface area contributed by atoms with Gasteiger partial charge in [-0.2, -0.15) is 0 Å². The summed E-state index contributed by atoms with van der Waals surface area (Å²) < 4.78 is 0. The number of nitrogens with zero attached hydrogens (tertiary/aromatic N) is 1. The van der Waals surface area contributed by atoms with Gasteiger partial charge in [0.1, 0.15) is 0 Å². The SMILES string of the molecule is C[C@H](NC(=O)CN[C@H](c1ccccc1)c1ccccn1)c1ccccc1. The Hall–Kier alpha value is -2.98. The van der Waals surface area contributed by atoms with Gasteiger partial charge in [0.15, 0.2) is 0 Å². The molecule has 1 amide bonds. The molecule has 4 heteroatoms. The van der Waals surface area contributed by atoms with Gasteiger partial charge >= 0.3 is 0 Å². The monoisotopic (exact) mass is 345 g/mol. The van der Waals surface area contributed by atoms with Crippen molar-refractivity contribution in [2.24, 2.45) is 0 Å². The fourth-order valence-electron chi connectivity index (χ4n) is 2.90. The van der Waals surface area contributed by atoms with Crippen LogP contribution in [0.25, 0.3) is 0 Å². The molecule has 0 spiro atoms. The Balaban J connectivity index is 1.65. The highest BCUT2D eigenvalue weighted by molar-refractivity contribution is 5.78. The van der Waals surface area contributed by atoms with E-state index in [0.29, 0.717) is 0 Å². The van der Waals surface area contributed by atoms with E-state index in [0.717, 1.165) is 16.8 Å². The molecule has 0 fully saturated rings. The molecule has 0 aliphatic rings. The molecule has 0 aliphatic heterocycles. The van der Waals surface area contributed by atoms with Crippen LogP contribution in [0.5, 0.6) is 0 Å². The second kappa shape index (κ2) is 8.92. The van der Waals surface area contributed by atoms with Crippen molar-refractivity contribution in [1.29, 1.82) is 0 Å². The van der Waals surface area contributed by atoms with Crippen LogP contribution >= 0.6 is 0 Å². The standard InChI is InChI=1S/C22H23N3O/c1-17(18-10-4-2-5-11-18)25-21(26)16-24-22(19-12-6-3-7-13-19)20-14-8-9-15-23-20/h2-15,17,22,24H,16H2,1H3,(H,25,26)/t17-,22+/m0/s1. The van der Waals surface area contributed by atoms with Crippen molar-refractivity contribution in [1.82, 2.24) is 15.6 Å². The Morgan fingerprint density at radius 2 is 1.50 bits per heavy atom. The molecule has 2 N–H and O–H groups in total. The molecule has 1 heterocycles. The second-order valence-corrected chi connectivity index (χ2v) is 6.18. The molecule has 1 aromatic heterocycles. The lowest BCUT2D eigenvalue weighted by Crippen LogP contribution is -2.37. The van der Waals surface area contributed by atoms with Crippen LogP contribution < -0.4 is 10.6 Å². The lowest BCUT2D eigenvalue weighted by atomic mass is 10.0.